The van der Waals surface area contributed by atoms with E-state index in [4.69, 9.17) is 10.5 Å². The fourth-order valence-corrected chi connectivity index (χ4v) is 1.41. The highest BCUT2D eigenvalue weighted by molar-refractivity contribution is 6.00. The summed E-state index contributed by atoms with van der Waals surface area (Å²) < 4.78 is 5.47. The predicted molar refractivity (Wildman–Crippen MR) is 69.4 cm³/mol. The van der Waals surface area contributed by atoms with Crippen LogP contribution < -0.4 is 10.5 Å². The maximum Gasteiger partial charge on any atom is 0.169 e. The Morgan fingerprint density at radius 1 is 1.29 bits per heavy atom. The lowest BCUT2D eigenvalue weighted by atomic mass is 9.84. The average Bonchev–Trinajstić information content (AvgIpc) is 2.36. The van der Waals surface area contributed by atoms with Gasteiger partial charge in [0.05, 0.1) is 6.61 Å². The second-order valence-electron chi connectivity index (χ2n) is 4.79. The van der Waals surface area contributed by atoms with Crippen molar-refractivity contribution < 1.29 is 9.53 Å². The molecule has 0 radical (unpaired) electrons. The Bertz CT molecular complexity index is 368. The van der Waals surface area contributed by atoms with E-state index in [1.807, 2.05) is 26.0 Å². The minimum absolute atomic E-state index is 0.0713. The summed E-state index contributed by atoms with van der Waals surface area (Å²) in [5.74, 6) is 0.871. The molecule has 0 aliphatic heterocycles. The lowest BCUT2D eigenvalue weighted by Gasteiger charge is -2.20. The smallest absolute Gasteiger partial charge is 0.169 e. The molecular weight excluding hydrogens is 214 g/mol. The SMILES string of the molecule is CCCOc1ccc(C(=O)C(C)(C)CN)cc1. The van der Waals surface area contributed by atoms with Crippen LogP contribution in [0.4, 0.5) is 0 Å². The van der Waals surface area contributed by atoms with Gasteiger partial charge in [0.1, 0.15) is 5.75 Å². The first kappa shape index (κ1) is 13.7. The van der Waals surface area contributed by atoms with Gasteiger partial charge in [-0.15, -0.1) is 0 Å². The third-order valence-corrected chi connectivity index (χ3v) is 2.71. The maximum absolute atomic E-state index is 12.1. The molecule has 0 heterocycles. The quantitative estimate of drug-likeness (QED) is 0.771. The van der Waals surface area contributed by atoms with E-state index in [0.29, 0.717) is 18.7 Å². The van der Waals surface area contributed by atoms with Crippen molar-refractivity contribution in [1.82, 2.24) is 0 Å². The van der Waals surface area contributed by atoms with Gasteiger partial charge in [0, 0.05) is 17.5 Å². The van der Waals surface area contributed by atoms with E-state index in [1.54, 1.807) is 12.1 Å². The Labute approximate surface area is 103 Å². The molecule has 0 fully saturated rings. The van der Waals surface area contributed by atoms with E-state index in [0.717, 1.165) is 12.2 Å². The highest BCUT2D eigenvalue weighted by Crippen LogP contribution is 2.22. The van der Waals surface area contributed by atoms with E-state index in [2.05, 4.69) is 6.92 Å². The molecule has 0 aliphatic carbocycles. The second-order valence-corrected chi connectivity index (χ2v) is 4.79. The number of ketones is 1. The molecule has 0 bridgehead atoms. The first-order valence-electron chi connectivity index (χ1n) is 5.99. The van der Waals surface area contributed by atoms with Crippen molar-refractivity contribution in [3.8, 4) is 5.75 Å². The first-order valence-corrected chi connectivity index (χ1v) is 5.99. The normalized spacial score (nSPS) is 11.3. The minimum atomic E-state index is -0.508. The first-order chi connectivity index (χ1) is 8.01. The molecule has 17 heavy (non-hydrogen) atoms. The van der Waals surface area contributed by atoms with Crippen LogP contribution in [0.1, 0.15) is 37.6 Å². The van der Waals surface area contributed by atoms with Gasteiger partial charge in [-0.2, -0.15) is 0 Å². The van der Waals surface area contributed by atoms with E-state index >= 15 is 0 Å². The topological polar surface area (TPSA) is 52.3 Å². The van der Waals surface area contributed by atoms with E-state index in [-0.39, 0.29) is 5.78 Å². The fraction of sp³-hybridized carbons (Fsp3) is 0.500. The summed E-state index contributed by atoms with van der Waals surface area (Å²) >= 11 is 0. The third-order valence-electron chi connectivity index (χ3n) is 2.71. The maximum atomic E-state index is 12.1. The Morgan fingerprint density at radius 2 is 1.88 bits per heavy atom. The second kappa shape index (κ2) is 5.82. The predicted octanol–water partition coefficient (Wildman–Crippen LogP) is 2.64. The van der Waals surface area contributed by atoms with Crippen molar-refractivity contribution in [2.45, 2.75) is 27.2 Å². The number of hydrogen-bond donors (Lipinski definition) is 1. The number of ether oxygens (including phenoxy) is 1. The summed E-state index contributed by atoms with van der Waals surface area (Å²) in [6.07, 6.45) is 0.973. The van der Waals surface area contributed by atoms with Crippen molar-refractivity contribution in [1.29, 1.82) is 0 Å². The number of carbonyl (C=O) groups is 1. The zero-order chi connectivity index (χ0) is 12.9. The van der Waals surface area contributed by atoms with Crippen LogP contribution in [0.2, 0.25) is 0 Å². The van der Waals surface area contributed by atoms with Crippen molar-refractivity contribution in [2.24, 2.45) is 11.1 Å². The van der Waals surface area contributed by atoms with Gasteiger partial charge >= 0.3 is 0 Å². The summed E-state index contributed by atoms with van der Waals surface area (Å²) in [5.41, 5.74) is 5.77. The average molecular weight is 235 g/mol. The van der Waals surface area contributed by atoms with Gasteiger partial charge in [0.2, 0.25) is 0 Å². The van der Waals surface area contributed by atoms with Gasteiger partial charge in [0.15, 0.2) is 5.78 Å². The van der Waals surface area contributed by atoms with Gasteiger partial charge in [-0.3, -0.25) is 4.79 Å². The number of nitrogens with two attached hydrogens (primary N) is 1. The molecule has 2 N–H and O–H groups in total. The largest absolute Gasteiger partial charge is 0.494 e. The molecule has 0 amide bonds. The Morgan fingerprint density at radius 3 is 2.35 bits per heavy atom. The molecule has 94 valence electrons. The molecular formula is C14H21NO2. The van der Waals surface area contributed by atoms with Crippen molar-refractivity contribution in [3.63, 3.8) is 0 Å². The van der Waals surface area contributed by atoms with Crippen LogP contribution in [0.5, 0.6) is 5.75 Å². The standard InChI is InChI=1S/C14H21NO2/c1-4-9-17-12-7-5-11(6-8-12)13(16)14(2,3)10-15/h5-8H,4,9-10,15H2,1-3H3. The minimum Gasteiger partial charge on any atom is -0.494 e. The van der Waals surface area contributed by atoms with Crippen LogP contribution >= 0.6 is 0 Å². The molecule has 0 saturated carbocycles. The summed E-state index contributed by atoms with van der Waals surface area (Å²) in [6.45, 7) is 6.82. The summed E-state index contributed by atoms with van der Waals surface area (Å²) in [4.78, 5) is 12.1. The number of hydrogen-bond acceptors (Lipinski definition) is 3. The summed E-state index contributed by atoms with van der Waals surface area (Å²) in [7, 11) is 0. The molecule has 1 rings (SSSR count). The van der Waals surface area contributed by atoms with Crippen LogP contribution in [0.3, 0.4) is 0 Å². The Hall–Kier alpha value is -1.35. The molecule has 0 saturated heterocycles. The van der Waals surface area contributed by atoms with Crippen LogP contribution in [-0.2, 0) is 0 Å². The molecule has 3 heteroatoms. The molecule has 1 aromatic carbocycles. The molecule has 0 atom stereocenters. The zero-order valence-corrected chi connectivity index (χ0v) is 10.8. The van der Waals surface area contributed by atoms with Gasteiger partial charge in [-0.05, 0) is 30.7 Å². The van der Waals surface area contributed by atoms with E-state index < -0.39 is 5.41 Å². The molecule has 1 aromatic rings. The van der Waals surface area contributed by atoms with Crippen molar-refractivity contribution in [3.05, 3.63) is 29.8 Å². The van der Waals surface area contributed by atoms with Gasteiger partial charge < -0.3 is 10.5 Å². The molecule has 0 aliphatic rings. The third kappa shape index (κ3) is 3.56. The summed E-state index contributed by atoms with van der Waals surface area (Å²) in [6, 6.07) is 7.25. The zero-order valence-electron chi connectivity index (χ0n) is 10.8. The highest BCUT2D eigenvalue weighted by atomic mass is 16.5. The molecule has 0 spiro atoms. The Balaban J connectivity index is 2.77. The van der Waals surface area contributed by atoms with Crippen molar-refractivity contribution in [2.75, 3.05) is 13.2 Å². The molecule has 0 unspecified atom stereocenters. The van der Waals surface area contributed by atoms with Crippen molar-refractivity contribution >= 4 is 5.78 Å². The van der Waals surface area contributed by atoms with E-state index in [1.165, 1.54) is 0 Å². The monoisotopic (exact) mass is 235 g/mol. The molecule has 0 aromatic heterocycles. The Kier molecular flexibility index (Phi) is 4.70. The van der Waals surface area contributed by atoms with Crippen LogP contribution in [0.25, 0.3) is 0 Å². The molecule has 3 nitrogen and oxygen atoms in total. The van der Waals surface area contributed by atoms with Gasteiger partial charge in [-0.1, -0.05) is 20.8 Å². The van der Waals surface area contributed by atoms with Gasteiger partial charge in [-0.25, -0.2) is 0 Å². The van der Waals surface area contributed by atoms with E-state index in [9.17, 15) is 4.79 Å². The van der Waals surface area contributed by atoms with Gasteiger partial charge in [0.25, 0.3) is 0 Å². The summed E-state index contributed by atoms with van der Waals surface area (Å²) in [5, 5.41) is 0. The lowest BCUT2D eigenvalue weighted by Crippen LogP contribution is -2.32. The van der Waals surface area contributed by atoms with Crippen LogP contribution in [0.15, 0.2) is 24.3 Å². The highest BCUT2D eigenvalue weighted by Gasteiger charge is 2.26. The lowest BCUT2D eigenvalue weighted by molar-refractivity contribution is 0.0847. The van der Waals surface area contributed by atoms with Crippen LogP contribution in [0, 0.1) is 5.41 Å². The number of carbonyl (C=O) groups excluding carboxylic acids is 1. The number of benzene rings is 1. The van der Waals surface area contributed by atoms with Crippen LogP contribution in [-0.4, -0.2) is 18.9 Å². The number of Topliss-reactive ketones (excluding diaryl/α,β-unsaturated/α-hetero) is 1. The fourth-order valence-electron chi connectivity index (χ4n) is 1.41. The number of rotatable bonds is 6.